The summed E-state index contributed by atoms with van der Waals surface area (Å²) in [4.78, 5) is 23.2. The Balaban J connectivity index is 1.89. The standard InChI is InChI=1S/C14H20N4O2S/c1-3-11(13-15-7-8-16-13)18-14-17-10(9-21-14)5-6-12(19)20-4-2/h7-9,11H,3-6H2,1-2H3,(H,15,16)(H,17,18). The molecule has 0 amide bonds. The molecule has 0 radical (unpaired) electrons. The maximum absolute atomic E-state index is 11.3. The molecule has 0 aliphatic rings. The van der Waals surface area contributed by atoms with E-state index in [0.29, 0.717) is 19.4 Å². The van der Waals surface area contributed by atoms with Gasteiger partial charge in [0, 0.05) is 24.2 Å². The molecule has 2 aromatic heterocycles. The smallest absolute Gasteiger partial charge is 0.306 e. The number of aromatic nitrogens is 3. The molecule has 2 aromatic rings. The number of aromatic amines is 1. The number of ether oxygens (including phenoxy) is 1. The van der Waals surface area contributed by atoms with Crippen LogP contribution in [0, 0.1) is 0 Å². The molecule has 0 spiro atoms. The minimum absolute atomic E-state index is 0.115. The number of hydrogen-bond acceptors (Lipinski definition) is 6. The molecule has 2 heterocycles. The largest absolute Gasteiger partial charge is 0.466 e. The van der Waals surface area contributed by atoms with E-state index in [4.69, 9.17) is 4.74 Å². The van der Waals surface area contributed by atoms with Gasteiger partial charge in [-0.2, -0.15) is 0 Å². The summed E-state index contributed by atoms with van der Waals surface area (Å²) in [6.07, 6.45) is 5.44. The van der Waals surface area contributed by atoms with Gasteiger partial charge in [-0.05, 0) is 13.3 Å². The van der Waals surface area contributed by atoms with E-state index in [2.05, 4.69) is 27.2 Å². The fraction of sp³-hybridized carbons (Fsp3) is 0.500. The second kappa shape index (κ2) is 7.78. The fourth-order valence-corrected chi connectivity index (χ4v) is 2.73. The number of anilines is 1. The van der Waals surface area contributed by atoms with Crippen molar-refractivity contribution in [1.29, 1.82) is 0 Å². The molecule has 1 atom stereocenters. The van der Waals surface area contributed by atoms with Crippen molar-refractivity contribution in [2.75, 3.05) is 11.9 Å². The summed E-state index contributed by atoms with van der Waals surface area (Å²) >= 11 is 1.54. The molecule has 21 heavy (non-hydrogen) atoms. The molecule has 0 bridgehead atoms. The number of H-pyrrole nitrogens is 1. The molecule has 2 rings (SSSR count). The SMILES string of the molecule is CCOC(=O)CCc1csc(NC(CC)c2ncc[nH]2)n1. The van der Waals surface area contributed by atoms with E-state index < -0.39 is 0 Å². The zero-order chi connectivity index (χ0) is 15.1. The number of esters is 1. The van der Waals surface area contributed by atoms with Crippen LogP contribution in [-0.2, 0) is 16.0 Å². The molecular formula is C14H20N4O2S. The number of carbonyl (C=O) groups is 1. The van der Waals surface area contributed by atoms with E-state index in [1.165, 1.54) is 11.3 Å². The van der Waals surface area contributed by atoms with E-state index in [1.807, 2.05) is 18.5 Å². The first-order valence-corrected chi connectivity index (χ1v) is 7.96. The van der Waals surface area contributed by atoms with Gasteiger partial charge in [-0.1, -0.05) is 6.92 Å². The molecule has 2 N–H and O–H groups in total. The van der Waals surface area contributed by atoms with Crippen LogP contribution in [0.4, 0.5) is 5.13 Å². The van der Waals surface area contributed by atoms with Crippen LogP contribution in [0.2, 0.25) is 0 Å². The third-order valence-corrected chi connectivity index (χ3v) is 3.82. The van der Waals surface area contributed by atoms with Crippen LogP contribution in [0.5, 0.6) is 0 Å². The monoisotopic (exact) mass is 308 g/mol. The predicted molar refractivity (Wildman–Crippen MR) is 82.3 cm³/mol. The topological polar surface area (TPSA) is 79.9 Å². The van der Waals surface area contributed by atoms with Crippen molar-refractivity contribution in [2.24, 2.45) is 0 Å². The summed E-state index contributed by atoms with van der Waals surface area (Å²) in [5.41, 5.74) is 0.907. The van der Waals surface area contributed by atoms with Gasteiger partial charge in [0.1, 0.15) is 5.82 Å². The normalized spacial score (nSPS) is 12.1. The van der Waals surface area contributed by atoms with Crippen molar-refractivity contribution < 1.29 is 9.53 Å². The van der Waals surface area contributed by atoms with Crippen molar-refractivity contribution >= 4 is 22.4 Å². The maximum Gasteiger partial charge on any atom is 0.306 e. The second-order valence-corrected chi connectivity index (χ2v) is 5.39. The summed E-state index contributed by atoms with van der Waals surface area (Å²) in [7, 11) is 0. The molecule has 1 unspecified atom stereocenters. The van der Waals surface area contributed by atoms with Crippen LogP contribution in [0.1, 0.15) is 44.2 Å². The van der Waals surface area contributed by atoms with E-state index >= 15 is 0 Å². The minimum atomic E-state index is -0.179. The van der Waals surface area contributed by atoms with Gasteiger partial charge in [-0.3, -0.25) is 4.79 Å². The van der Waals surface area contributed by atoms with Gasteiger partial charge < -0.3 is 15.0 Å². The van der Waals surface area contributed by atoms with Crippen molar-refractivity contribution in [3.8, 4) is 0 Å². The first-order chi connectivity index (χ1) is 10.2. The van der Waals surface area contributed by atoms with Gasteiger partial charge in [-0.15, -0.1) is 11.3 Å². The van der Waals surface area contributed by atoms with Crippen LogP contribution in [0.3, 0.4) is 0 Å². The number of hydrogen-bond donors (Lipinski definition) is 2. The van der Waals surface area contributed by atoms with Crippen molar-refractivity contribution in [3.05, 3.63) is 29.3 Å². The van der Waals surface area contributed by atoms with Crippen LogP contribution in [0.15, 0.2) is 17.8 Å². The molecule has 114 valence electrons. The highest BCUT2D eigenvalue weighted by Gasteiger charge is 2.13. The zero-order valence-electron chi connectivity index (χ0n) is 12.3. The Morgan fingerprint density at radius 1 is 1.52 bits per heavy atom. The highest BCUT2D eigenvalue weighted by atomic mass is 32.1. The summed E-state index contributed by atoms with van der Waals surface area (Å²) < 4.78 is 4.91. The molecule has 0 saturated carbocycles. The van der Waals surface area contributed by atoms with Crippen molar-refractivity contribution in [3.63, 3.8) is 0 Å². The first kappa shape index (κ1) is 15.5. The second-order valence-electron chi connectivity index (χ2n) is 4.53. The summed E-state index contributed by atoms with van der Waals surface area (Å²) in [5, 5.41) is 6.17. The van der Waals surface area contributed by atoms with Gasteiger partial charge in [0.25, 0.3) is 0 Å². The number of thiazole rings is 1. The number of imidazole rings is 1. The molecule has 0 aromatic carbocycles. The van der Waals surface area contributed by atoms with E-state index in [1.54, 1.807) is 6.20 Å². The van der Waals surface area contributed by atoms with E-state index in [9.17, 15) is 4.79 Å². The Hall–Kier alpha value is -1.89. The van der Waals surface area contributed by atoms with Crippen molar-refractivity contribution in [1.82, 2.24) is 15.0 Å². The van der Waals surface area contributed by atoms with Crippen LogP contribution in [0.25, 0.3) is 0 Å². The third-order valence-electron chi connectivity index (χ3n) is 3.00. The molecule has 6 nitrogen and oxygen atoms in total. The Morgan fingerprint density at radius 3 is 3.05 bits per heavy atom. The molecular weight excluding hydrogens is 288 g/mol. The Labute approximate surface area is 128 Å². The van der Waals surface area contributed by atoms with Crippen LogP contribution in [-0.4, -0.2) is 27.5 Å². The lowest BCUT2D eigenvalue weighted by atomic mass is 10.2. The molecule has 7 heteroatoms. The van der Waals surface area contributed by atoms with Crippen LogP contribution >= 0.6 is 11.3 Å². The van der Waals surface area contributed by atoms with E-state index in [-0.39, 0.29) is 12.0 Å². The number of aryl methyl sites for hydroxylation is 1. The summed E-state index contributed by atoms with van der Waals surface area (Å²) in [6.45, 7) is 4.32. The maximum atomic E-state index is 11.3. The number of carbonyl (C=O) groups excluding carboxylic acids is 1. The predicted octanol–water partition coefficient (Wildman–Crippen LogP) is 2.93. The van der Waals surface area contributed by atoms with Gasteiger partial charge in [-0.25, -0.2) is 9.97 Å². The lowest BCUT2D eigenvalue weighted by Crippen LogP contribution is -2.11. The average Bonchev–Trinajstić information content (AvgIpc) is 3.14. The quantitative estimate of drug-likeness (QED) is 0.733. The van der Waals surface area contributed by atoms with Gasteiger partial charge >= 0.3 is 5.97 Å². The van der Waals surface area contributed by atoms with Crippen molar-refractivity contribution in [2.45, 2.75) is 39.2 Å². The summed E-state index contributed by atoms with van der Waals surface area (Å²) in [5.74, 6) is 0.725. The van der Waals surface area contributed by atoms with Gasteiger partial charge in [0.15, 0.2) is 5.13 Å². The molecule has 0 aliphatic heterocycles. The van der Waals surface area contributed by atoms with Gasteiger partial charge in [0.05, 0.1) is 24.8 Å². The molecule has 0 fully saturated rings. The highest BCUT2D eigenvalue weighted by Crippen LogP contribution is 2.23. The van der Waals surface area contributed by atoms with Crippen LogP contribution < -0.4 is 5.32 Å². The highest BCUT2D eigenvalue weighted by molar-refractivity contribution is 7.13. The molecule has 0 aliphatic carbocycles. The Morgan fingerprint density at radius 2 is 2.38 bits per heavy atom. The lowest BCUT2D eigenvalue weighted by molar-refractivity contribution is -0.143. The fourth-order valence-electron chi connectivity index (χ4n) is 1.93. The number of rotatable bonds is 8. The number of nitrogens with one attached hydrogen (secondary N) is 2. The first-order valence-electron chi connectivity index (χ1n) is 7.08. The molecule has 0 saturated heterocycles. The Kier molecular flexibility index (Phi) is 5.74. The lowest BCUT2D eigenvalue weighted by Gasteiger charge is -2.13. The van der Waals surface area contributed by atoms with Gasteiger partial charge in [0.2, 0.25) is 0 Å². The average molecular weight is 308 g/mol. The minimum Gasteiger partial charge on any atom is -0.466 e. The summed E-state index contributed by atoms with van der Waals surface area (Å²) in [6, 6.07) is 0.115. The zero-order valence-corrected chi connectivity index (χ0v) is 13.1. The number of nitrogens with zero attached hydrogens (tertiary/aromatic N) is 2. The third kappa shape index (κ3) is 4.56. The van der Waals surface area contributed by atoms with E-state index in [0.717, 1.165) is 23.1 Å². The Bertz CT molecular complexity index is 553.